The number of nitrogens with one attached hydrogen (secondary N) is 2. The number of aromatic amines is 1. The number of hydrogen-bond acceptors (Lipinski definition) is 9. The Hall–Kier alpha value is -4.41. The molecule has 32 heavy (non-hydrogen) atoms. The second-order valence-electron chi connectivity index (χ2n) is 6.34. The predicted octanol–water partition coefficient (Wildman–Crippen LogP) is 3.21. The van der Waals surface area contributed by atoms with Crippen molar-refractivity contribution in [2.45, 2.75) is 6.92 Å². The molecule has 166 valence electrons. The highest BCUT2D eigenvalue weighted by Crippen LogP contribution is 2.37. The fraction of sp³-hybridized carbons (Fsp3) is 0.190. The molecule has 0 spiro atoms. The monoisotopic (exact) mass is 439 g/mol. The highest BCUT2D eigenvalue weighted by Gasteiger charge is 2.21. The number of H-pyrrole nitrogens is 1. The van der Waals surface area contributed by atoms with E-state index in [0.29, 0.717) is 17.0 Å². The van der Waals surface area contributed by atoms with E-state index < -0.39 is 4.92 Å². The first-order valence-electron chi connectivity index (χ1n) is 9.49. The maximum absolute atomic E-state index is 12.0. The summed E-state index contributed by atoms with van der Waals surface area (Å²) in [5.74, 6) is 1.03. The van der Waals surface area contributed by atoms with Gasteiger partial charge in [0, 0.05) is 23.3 Å². The molecular weight excluding hydrogens is 418 g/mol. The van der Waals surface area contributed by atoms with Gasteiger partial charge < -0.3 is 14.2 Å². The SMILES string of the molecule is CCOc1c(OC)cc(/C=N\Nc2nc(-c3ccc(OC)cc3)cc(=O)[nH]2)cc1[N+](=O)[O-]. The van der Waals surface area contributed by atoms with Gasteiger partial charge in [0.2, 0.25) is 11.7 Å². The van der Waals surface area contributed by atoms with Crippen molar-refractivity contribution in [3.63, 3.8) is 0 Å². The van der Waals surface area contributed by atoms with Gasteiger partial charge in [0.1, 0.15) is 5.75 Å². The zero-order valence-corrected chi connectivity index (χ0v) is 17.6. The summed E-state index contributed by atoms with van der Waals surface area (Å²) in [4.78, 5) is 29.7. The Balaban J connectivity index is 1.85. The van der Waals surface area contributed by atoms with Crippen molar-refractivity contribution in [2.75, 3.05) is 26.3 Å². The van der Waals surface area contributed by atoms with Crippen molar-refractivity contribution >= 4 is 17.9 Å². The van der Waals surface area contributed by atoms with Crippen LogP contribution in [0.15, 0.2) is 52.4 Å². The zero-order valence-electron chi connectivity index (χ0n) is 17.6. The van der Waals surface area contributed by atoms with Gasteiger partial charge in [0.05, 0.1) is 37.7 Å². The molecule has 0 saturated heterocycles. The molecule has 0 aliphatic rings. The van der Waals surface area contributed by atoms with Crippen LogP contribution >= 0.6 is 0 Å². The molecule has 0 unspecified atom stereocenters. The van der Waals surface area contributed by atoms with E-state index in [4.69, 9.17) is 14.2 Å². The lowest BCUT2D eigenvalue weighted by Gasteiger charge is -2.10. The van der Waals surface area contributed by atoms with Crippen LogP contribution in [-0.4, -0.2) is 41.9 Å². The molecule has 3 rings (SSSR count). The number of aromatic nitrogens is 2. The van der Waals surface area contributed by atoms with Crippen molar-refractivity contribution in [2.24, 2.45) is 5.10 Å². The van der Waals surface area contributed by atoms with Gasteiger partial charge in [-0.3, -0.25) is 19.9 Å². The largest absolute Gasteiger partial charge is 0.497 e. The Bertz CT molecular complexity index is 1190. The lowest BCUT2D eigenvalue weighted by molar-refractivity contribution is -0.385. The molecule has 0 aliphatic carbocycles. The number of hydrazone groups is 1. The maximum atomic E-state index is 12.0. The molecule has 0 amide bonds. The highest BCUT2D eigenvalue weighted by molar-refractivity contribution is 5.83. The third-order valence-corrected chi connectivity index (χ3v) is 4.27. The van der Waals surface area contributed by atoms with Crippen molar-refractivity contribution in [1.29, 1.82) is 0 Å². The van der Waals surface area contributed by atoms with Gasteiger partial charge in [0.25, 0.3) is 5.56 Å². The van der Waals surface area contributed by atoms with Crippen molar-refractivity contribution in [3.8, 4) is 28.5 Å². The summed E-state index contributed by atoms with van der Waals surface area (Å²) in [5.41, 5.74) is 3.55. The lowest BCUT2D eigenvalue weighted by atomic mass is 10.1. The Morgan fingerprint density at radius 3 is 2.56 bits per heavy atom. The third kappa shape index (κ3) is 5.19. The van der Waals surface area contributed by atoms with Crippen LogP contribution in [-0.2, 0) is 0 Å². The maximum Gasteiger partial charge on any atom is 0.315 e. The van der Waals surface area contributed by atoms with E-state index in [1.807, 2.05) is 0 Å². The molecule has 1 heterocycles. The Morgan fingerprint density at radius 2 is 1.94 bits per heavy atom. The molecular formula is C21H21N5O6. The van der Waals surface area contributed by atoms with Crippen molar-refractivity contribution in [1.82, 2.24) is 9.97 Å². The number of hydrogen-bond donors (Lipinski definition) is 2. The molecule has 0 saturated carbocycles. The first kappa shape index (κ1) is 22.3. The smallest absolute Gasteiger partial charge is 0.315 e. The molecule has 11 heteroatoms. The second kappa shape index (κ2) is 10.1. The van der Waals surface area contributed by atoms with Gasteiger partial charge in [-0.05, 0) is 37.3 Å². The fourth-order valence-electron chi connectivity index (χ4n) is 2.85. The van der Waals surface area contributed by atoms with Crippen molar-refractivity contribution < 1.29 is 19.1 Å². The minimum Gasteiger partial charge on any atom is -0.497 e. The molecule has 2 aromatic carbocycles. The van der Waals surface area contributed by atoms with Crippen LogP contribution in [0.2, 0.25) is 0 Å². The molecule has 0 atom stereocenters. The number of ether oxygens (including phenoxy) is 3. The number of rotatable bonds is 9. The molecule has 1 aromatic heterocycles. The molecule has 0 bridgehead atoms. The predicted molar refractivity (Wildman–Crippen MR) is 119 cm³/mol. The topological polar surface area (TPSA) is 141 Å². The van der Waals surface area contributed by atoms with E-state index in [1.165, 1.54) is 25.5 Å². The molecule has 2 N–H and O–H groups in total. The van der Waals surface area contributed by atoms with Gasteiger partial charge in [0.15, 0.2) is 5.75 Å². The van der Waals surface area contributed by atoms with Gasteiger partial charge in [-0.25, -0.2) is 10.4 Å². The van der Waals surface area contributed by atoms with Gasteiger partial charge in [-0.2, -0.15) is 5.10 Å². The zero-order chi connectivity index (χ0) is 23.1. The average molecular weight is 439 g/mol. The molecule has 0 aliphatic heterocycles. The van der Waals surface area contributed by atoms with E-state index >= 15 is 0 Å². The molecule has 0 radical (unpaired) electrons. The van der Waals surface area contributed by atoms with E-state index in [-0.39, 0.29) is 35.3 Å². The minimum absolute atomic E-state index is 0.0447. The van der Waals surface area contributed by atoms with Crippen LogP contribution in [0, 0.1) is 10.1 Å². The van der Waals surface area contributed by atoms with Crippen LogP contribution in [0.25, 0.3) is 11.3 Å². The summed E-state index contributed by atoms with van der Waals surface area (Å²) < 4.78 is 15.7. The standard InChI is InChI=1S/C21H21N5O6/c1-4-32-20-17(26(28)29)9-13(10-18(20)31-3)12-22-25-21-23-16(11-19(27)24-21)14-5-7-15(30-2)8-6-14/h5-12H,4H2,1-3H3,(H2,23,24,25,27)/b22-12-. The van der Waals surface area contributed by atoms with Crippen molar-refractivity contribution in [3.05, 3.63) is 68.5 Å². The summed E-state index contributed by atoms with van der Waals surface area (Å²) in [5, 5.41) is 15.4. The summed E-state index contributed by atoms with van der Waals surface area (Å²) in [6, 6.07) is 11.3. The van der Waals surface area contributed by atoms with Crippen LogP contribution < -0.4 is 25.2 Å². The van der Waals surface area contributed by atoms with Gasteiger partial charge >= 0.3 is 5.69 Å². The van der Waals surface area contributed by atoms with Crippen LogP contribution in [0.3, 0.4) is 0 Å². The summed E-state index contributed by atoms with van der Waals surface area (Å²) in [6.07, 6.45) is 1.34. The molecule has 11 nitrogen and oxygen atoms in total. The molecule has 3 aromatic rings. The number of nitro benzene ring substituents is 1. The summed E-state index contributed by atoms with van der Waals surface area (Å²) in [6.45, 7) is 1.96. The molecule has 0 fully saturated rings. The summed E-state index contributed by atoms with van der Waals surface area (Å²) in [7, 11) is 2.95. The first-order valence-corrected chi connectivity index (χ1v) is 9.49. The normalized spacial score (nSPS) is 10.7. The number of benzene rings is 2. The van der Waals surface area contributed by atoms with Gasteiger partial charge in [-0.15, -0.1) is 0 Å². The Kier molecular flexibility index (Phi) is 7.01. The quantitative estimate of drug-likeness (QED) is 0.294. The van der Waals surface area contributed by atoms with Gasteiger partial charge in [-0.1, -0.05) is 0 Å². The van der Waals surface area contributed by atoms with E-state index in [9.17, 15) is 14.9 Å². The second-order valence-corrected chi connectivity index (χ2v) is 6.34. The van der Waals surface area contributed by atoms with Crippen LogP contribution in [0.4, 0.5) is 11.6 Å². The van der Waals surface area contributed by atoms with Crippen LogP contribution in [0.5, 0.6) is 17.2 Å². The Morgan fingerprint density at radius 1 is 1.19 bits per heavy atom. The van der Waals surface area contributed by atoms with Crippen LogP contribution in [0.1, 0.15) is 12.5 Å². The number of methoxy groups -OCH3 is 2. The first-order chi connectivity index (χ1) is 15.4. The van der Waals surface area contributed by atoms with E-state index in [0.717, 1.165) is 5.56 Å². The lowest BCUT2D eigenvalue weighted by Crippen LogP contribution is -2.10. The van der Waals surface area contributed by atoms with E-state index in [1.54, 1.807) is 44.4 Å². The fourth-order valence-corrected chi connectivity index (χ4v) is 2.85. The highest BCUT2D eigenvalue weighted by atomic mass is 16.6. The summed E-state index contributed by atoms with van der Waals surface area (Å²) >= 11 is 0. The number of nitrogens with zero attached hydrogens (tertiary/aromatic N) is 3. The minimum atomic E-state index is -0.560. The van der Waals surface area contributed by atoms with E-state index in [2.05, 4.69) is 20.5 Å². The number of anilines is 1. The number of nitro groups is 1. The Labute approximate surface area is 182 Å². The third-order valence-electron chi connectivity index (χ3n) is 4.27. The average Bonchev–Trinajstić information content (AvgIpc) is 2.79.